The highest BCUT2D eigenvalue weighted by atomic mass is 32.1. The molecule has 1 aliphatic carbocycles. The van der Waals surface area contributed by atoms with Crippen molar-refractivity contribution in [1.29, 1.82) is 0 Å². The van der Waals surface area contributed by atoms with Crippen LogP contribution < -0.4 is 0 Å². The number of fused-ring (bicyclic) bond motifs is 1. The van der Waals surface area contributed by atoms with Gasteiger partial charge >= 0.3 is 0 Å². The first-order valence-electron chi connectivity index (χ1n) is 4.55. The minimum Gasteiger partial charge on any atom is -0.171 e. The van der Waals surface area contributed by atoms with Gasteiger partial charge in [-0.1, -0.05) is 23.8 Å². The molecule has 0 aromatic heterocycles. The maximum absolute atomic E-state index is 4.57. The summed E-state index contributed by atoms with van der Waals surface area (Å²) in [5, 5.41) is 0.481. The Labute approximate surface area is 79.4 Å². The molecule has 0 N–H and O–H groups in total. The van der Waals surface area contributed by atoms with Crippen LogP contribution in [0, 0.1) is 6.92 Å². The summed E-state index contributed by atoms with van der Waals surface area (Å²) in [5.41, 5.74) is 4.34. The average molecular weight is 178 g/mol. The summed E-state index contributed by atoms with van der Waals surface area (Å²) in [6.07, 6.45) is 3.78. The fourth-order valence-corrected chi connectivity index (χ4v) is 2.35. The summed E-state index contributed by atoms with van der Waals surface area (Å²) in [6, 6.07) is 6.73. The van der Waals surface area contributed by atoms with E-state index in [0.717, 1.165) is 0 Å². The zero-order chi connectivity index (χ0) is 8.55. The Morgan fingerprint density at radius 3 is 3.08 bits per heavy atom. The average Bonchev–Trinajstić information content (AvgIpc) is 2.04. The number of rotatable bonds is 0. The molecule has 1 unspecified atom stereocenters. The Morgan fingerprint density at radius 2 is 2.25 bits per heavy atom. The van der Waals surface area contributed by atoms with E-state index < -0.39 is 0 Å². The zero-order valence-electron chi connectivity index (χ0n) is 7.38. The van der Waals surface area contributed by atoms with E-state index in [2.05, 4.69) is 37.8 Å². The zero-order valence-corrected chi connectivity index (χ0v) is 8.27. The molecular weight excluding hydrogens is 164 g/mol. The molecule has 1 aromatic carbocycles. The lowest BCUT2D eigenvalue weighted by Crippen LogP contribution is -2.05. The highest BCUT2D eigenvalue weighted by molar-refractivity contribution is 7.80. The van der Waals surface area contributed by atoms with E-state index in [1.165, 1.54) is 36.0 Å². The summed E-state index contributed by atoms with van der Waals surface area (Å²) in [6.45, 7) is 2.16. The summed E-state index contributed by atoms with van der Waals surface area (Å²) in [7, 11) is 0. The Balaban J connectivity index is 2.46. The van der Waals surface area contributed by atoms with Gasteiger partial charge in [0.1, 0.15) is 0 Å². The van der Waals surface area contributed by atoms with Crippen LogP contribution in [-0.2, 0) is 6.42 Å². The summed E-state index contributed by atoms with van der Waals surface area (Å²) in [4.78, 5) is 0. The summed E-state index contributed by atoms with van der Waals surface area (Å²) in [5.74, 6) is 0. The van der Waals surface area contributed by atoms with Crippen molar-refractivity contribution in [1.82, 2.24) is 0 Å². The molecule has 0 heterocycles. The lowest BCUT2D eigenvalue weighted by Gasteiger charge is -2.21. The first-order chi connectivity index (χ1) is 5.77. The fraction of sp³-hybridized carbons (Fsp3) is 0.455. The van der Waals surface area contributed by atoms with Gasteiger partial charge in [0.2, 0.25) is 0 Å². The smallest absolute Gasteiger partial charge is 0.0269 e. The molecule has 12 heavy (non-hydrogen) atoms. The monoisotopic (exact) mass is 178 g/mol. The van der Waals surface area contributed by atoms with Crippen LogP contribution in [0.25, 0.3) is 0 Å². The minimum atomic E-state index is 0.481. The van der Waals surface area contributed by atoms with Crippen LogP contribution in [-0.4, -0.2) is 0 Å². The van der Waals surface area contributed by atoms with Crippen molar-refractivity contribution in [2.45, 2.75) is 31.4 Å². The van der Waals surface area contributed by atoms with Crippen molar-refractivity contribution >= 4 is 12.6 Å². The second-order valence-corrected chi connectivity index (χ2v) is 4.23. The van der Waals surface area contributed by atoms with Gasteiger partial charge in [0.05, 0.1) is 0 Å². The van der Waals surface area contributed by atoms with Crippen LogP contribution in [0.4, 0.5) is 0 Å². The van der Waals surface area contributed by atoms with E-state index >= 15 is 0 Å². The molecule has 0 bridgehead atoms. The Kier molecular flexibility index (Phi) is 2.14. The maximum Gasteiger partial charge on any atom is 0.0269 e. The molecule has 0 radical (unpaired) electrons. The van der Waals surface area contributed by atoms with Crippen LogP contribution in [0.1, 0.15) is 34.8 Å². The van der Waals surface area contributed by atoms with E-state index in [1.807, 2.05) is 0 Å². The second-order valence-electron chi connectivity index (χ2n) is 3.61. The third-order valence-corrected chi connectivity index (χ3v) is 3.12. The molecule has 1 heteroatoms. The molecule has 0 fully saturated rings. The van der Waals surface area contributed by atoms with Crippen LogP contribution in [0.5, 0.6) is 0 Å². The highest BCUT2D eigenvalue weighted by Crippen LogP contribution is 2.34. The third kappa shape index (κ3) is 1.38. The lowest BCUT2D eigenvalue weighted by molar-refractivity contribution is 0.676. The molecule has 1 atom stereocenters. The molecule has 0 spiro atoms. The van der Waals surface area contributed by atoms with Gasteiger partial charge in [-0.05, 0) is 37.3 Å². The van der Waals surface area contributed by atoms with Gasteiger partial charge < -0.3 is 0 Å². The SMILES string of the molecule is Cc1ccc2c(c1)CCCC2S. The largest absolute Gasteiger partial charge is 0.171 e. The van der Waals surface area contributed by atoms with Crippen LogP contribution >= 0.6 is 12.6 Å². The molecule has 1 aromatic rings. The van der Waals surface area contributed by atoms with Gasteiger partial charge in [-0.2, -0.15) is 12.6 Å². The van der Waals surface area contributed by atoms with Crippen molar-refractivity contribution in [2.75, 3.05) is 0 Å². The number of benzene rings is 1. The van der Waals surface area contributed by atoms with Gasteiger partial charge in [0.15, 0.2) is 0 Å². The number of thiol groups is 1. The van der Waals surface area contributed by atoms with Crippen LogP contribution in [0.15, 0.2) is 18.2 Å². The third-order valence-electron chi connectivity index (χ3n) is 2.58. The minimum absolute atomic E-state index is 0.481. The van der Waals surface area contributed by atoms with Gasteiger partial charge in [0.25, 0.3) is 0 Å². The van der Waals surface area contributed by atoms with Gasteiger partial charge in [0, 0.05) is 5.25 Å². The fourth-order valence-electron chi connectivity index (χ4n) is 1.92. The van der Waals surface area contributed by atoms with Crippen molar-refractivity contribution in [3.63, 3.8) is 0 Å². The number of hydrogen-bond donors (Lipinski definition) is 1. The first-order valence-corrected chi connectivity index (χ1v) is 5.06. The number of aryl methyl sites for hydroxylation is 2. The quantitative estimate of drug-likeness (QED) is 0.579. The normalized spacial score (nSPS) is 22.0. The predicted octanol–water partition coefficient (Wildman–Crippen LogP) is 3.30. The Hall–Kier alpha value is -0.430. The lowest BCUT2D eigenvalue weighted by atomic mass is 9.90. The van der Waals surface area contributed by atoms with Crippen molar-refractivity contribution in [3.05, 3.63) is 34.9 Å². The topological polar surface area (TPSA) is 0 Å². The second kappa shape index (κ2) is 3.14. The van der Waals surface area contributed by atoms with E-state index in [0.29, 0.717) is 5.25 Å². The Bertz CT molecular complexity index is 291. The highest BCUT2D eigenvalue weighted by Gasteiger charge is 2.15. The van der Waals surface area contributed by atoms with Gasteiger partial charge in [-0.25, -0.2) is 0 Å². The van der Waals surface area contributed by atoms with Crippen molar-refractivity contribution < 1.29 is 0 Å². The van der Waals surface area contributed by atoms with E-state index in [4.69, 9.17) is 0 Å². The number of hydrogen-bond acceptors (Lipinski definition) is 1. The summed E-state index contributed by atoms with van der Waals surface area (Å²) >= 11 is 4.57. The molecule has 0 saturated heterocycles. The molecular formula is C11H14S. The van der Waals surface area contributed by atoms with Crippen LogP contribution in [0.3, 0.4) is 0 Å². The van der Waals surface area contributed by atoms with E-state index in [9.17, 15) is 0 Å². The molecule has 1 aliphatic rings. The molecule has 64 valence electrons. The van der Waals surface area contributed by atoms with E-state index in [-0.39, 0.29) is 0 Å². The standard InChI is InChI=1S/C11H14S/c1-8-5-6-10-9(7-8)3-2-4-11(10)12/h5-7,11-12H,2-4H2,1H3. The van der Waals surface area contributed by atoms with Crippen molar-refractivity contribution in [2.24, 2.45) is 0 Å². The molecule has 0 saturated carbocycles. The van der Waals surface area contributed by atoms with Crippen molar-refractivity contribution in [3.8, 4) is 0 Å². The molecule has 0 nitrogen and oxygen atoms in total. The van der Waals surface area contributed by atoms with Crippen LogP contribution in [0.2, 0.25) is 0 Å². The molecule has 0 aliphatic heterocycles. The van der Waals surface area contributed by atoms with E-state index in [1.54, 1.807) is 0 Å². The predicted molar refractivity (Wildman–Crippen MR) is 55.8 cm³/mol. The summed E-state index contributed by atoms with van der Waals surface area (Å²) < 4.78 is 0. The Morgan fingerprint density at radius 1 is 1.42 bits per heavy atom. The molecule has 2 rings (SSSR count). The first kappa shape index (κ1) is 8.18. The van der Waals surface area contributed by atoms with Gasteiger partial charge in [-0.15, -0.1) is 0 Å². The maximum atomic E-state index is 4.57. The molecule has 0 amide bonds. The van der Waals surface area contributed by atoms with Gasteiger partial charge in [-0.3, -0.25) is 0 Å².